The van der Waals surface area contributed by atoms with Crippen LogP contribution in [0.25, 0.3) is 0 Å². The summed E-state index contributed by atoms with van der Waals surface area (Å²) in [6, 6.07) is 2.76. The molecule has 1 amide bonds. The second kappa shape index (κ2) is 6.94. The molecule has 1 rings (SSSR count). The van der Waals surface area contributed by atoms with Crippen molar-refractivity contribution >= 4 is 11.7 Å². The third kappa shape index (κ3) is 4.75. The Kier molecular flexibility index (Phi) is 5.57. The zero-order valence-corrected chi connectivity index (χ0v) is 10.9. The second-order valence-electron chi connectivity index (χ2n) is 4.21. The molecule has 19 heavy (non-hydrogen) atoms. The van der Waals surface area contributed by atoms with Crippen molar-refractivity contribution in [2.75, 3.05) is 27.2 Å². The van der Waals surface area contributed by atoms with Gasteiger partial charge in [-0.25, -0.2) is 8.78 Å². The Morgan fingerprint density at radius 2 is 2.00 bits per heavy atom. The average Bonchev–Trinajstić information content (AvgIpc) is 2.38. The molecular weight excluding hydrogens is 254 g/mol. The lowest BCUT2D eigenvalue weighted by Gasteiger charge is -2.15. The third-order valence-electron chi connectivity index (χ3n) is 2.64. The second-order valence-corrected chi connectivity index (χ2v) is 4.21. The number of likely N-dealkylation sites (N-methyl/N-ethyl adjacent to an activating group) is 1. The minimum atomic E-state index is -0.744. The molecule has 1 aromatic rings. The van der Waals surface area contributed by atoms with Crippen molar-refractivity contribution < 1.29 is 18.4 Å². The van der Waals surface area contributed by atoms with E-state index in [4.69, 9.17) is 0 Å². The molecule has 0 aromatic heterocycles. The van der Waals surface area contributed by atoms with Crippen molar-refractivity contribution in [3.8, 4) is 0 Å². The van der Waals surface area contributed by atoms with Gasteiger partial charge in [-0.1, -0.05) is 0 Å². The maximum Gasteiger partial charge on any atom is 0.221 e. The normalized spacial score (nSPS) is 10.6. The first-order valence-corrected chi connectivity index (χ1v) is 5.81. The highest BCUT2D eigenvalue weighted by Crippen LogP contribution is 2.10. The van der Waals surface area contributed by atoms with E-state index in [0.29, 0.717) is 6.54 Å². The molecule has 0 saturated carbocycles. The molecule has 0 unspecified atom stereocenters. The summed E-state index contributed by atoms with van der Waals surface area (Å²) in [5.74, 6) is -2.06. The van der Waals surface area contributed by atoms with E-state index in [1.54, 1.807) is 11.9 Å². The standard InChI is InChI=1S/C13H16F2N2O2/c1-16-13(19)5-6-17(2)8-12(18)10-7-9(14)3-4-11(10)15/h3-4,7H,5-6,8H2,1-2H3,(H,16,19). The zero-order chi connectivity index (χ0) is 14.4. The van der Waals surface area contributed by atoms with E-state index in [0.717, 1.165) is 18.2 Å². The van der Waals surface area contributed by atoms with E-state index in [1.807, 2.05) is 0 Å². The fourth-order valence-corrected chi connectivity index (χ4v) is 1.54. The van der Waals surface area contributed by atoms with Gasteiger partial charge in [-0.15, -0.1) is 0 Å². The number of hydrogen-bond donors (Lipinski definition) is 1. The predicted octanol–water partition coefficient (Wildman–Crippen LogP) is 1.22. The summed E-state index contributed by atoms with van der Waals surface area (Å²) < 4.78 is 26.3. The summed E-state index contributed by atoms with van der Waals surface area (Å²) in [7, 11) is 3.16. The molecule has 1 aromatic carbocycles. The molecule has 0 aliphatic rings. The Morgan fingerprint density at radius 3 is 2.63 bits per heavy atom. The van der Waals surface area contributed by atoms with Crippen LogP contribution in [0.1, 0.15) is 16.8 Å². The lowest BCUT2D eigenvalue weighted by atomic mass is 10.1. The Bertz CT molecular complexity index is 478. The van der Waals surface area contributed by atoms with E-state index in [9.17, 15) is 18.4 Å². The fourth-order valence-electron chi connectivity index (χ4n) is 1.54. The molecule has 0 aliphatic heterocycles. The predicted molar refractivity (Wildman–Crippen MR) is 66.9 cm³/mol. The number of nitrogens with zero attached hydrogens (tertiary/aromatic N) is 1. The monoisotopic (exact) mass is 270 g/mol. The van der Waals surface area contributed by atoms with Crippen LogP contribution in [0.3, 0.4) is 0 Å². The van der Waals surface area contributed by atoms with Crippen molar-refractivity contribution in [2.45, 2.75) is 6.42 Å². The number of carbonyl (C=O) groups is 2. The molecule has 0 heterocycles. The first-order valence-electron chi connectivity index (χ1n) is 5.81. The van der Waals surface area contributed by atoms with Gasteiger partial charge in [0.2, 0.25) is 5.91 Å². The summed E-state index contributed by atoms with van der Waals surface area (Å²) >= 11 is 0. The SMILES string of the molecule is CNC(=O)CCN(C)CC(=O)c1cc(F)ccc1F. The van der Waals surface area contributed by atoms with E-state index < -0.39 is 17.4 Å². The lowest BCUT2D eigenvalue weighted by molar-refractivity contribution is -0.120. The van der Waals surface area contributed by atoms with Gasteiger partial charge in [0.15, 0.2) is 5.78 Å². The van der Waals surface area contributed by atoms with Crippen molar-refractivity contribution in [3.05, 3.63) is 35.4 Å². The van der Waals surface area contributed by atoms with Gasteiger partial charge in [-0.3, -0.25) is 14.5 Å². The van der Waals surface area contributed by atoms with Crippen LogP contribution < -0.4 is 5.32 Å². The number of nitrogens with one attached hydrogen (secondary N) is 1. The van der Waals surface area contributed by atoms with E-state index in [2.05, 4.69) is 5.32 Å². The molecule has 0 saturated heterocycles. The molecular formula is C13H16F2N2O2. The first-order chi connectivity index (χ1) is 8.93. The zero-order valence-electron chi connectivity index (χ0n) is 10.9. The minimum Gasteiger partial charge on any atom is -0.359 e. The van der Waals surface area contributed by atoms with E-state index >= 15 is 0 Å². The summed E-state index contributed by atoms with van der Waals surface area (Å²) in [5.41, 5.74) is -0.271. The summed E-state index contributed by atoms with van der Waals surface area (Å²) in [6.07, 6.45) is 0.242. The number of amides is 1. The summed E-state index contributed by atoms with van der Waals surface area (Å²) in [4.78, 5) is 24.4. The lowest BCUT2D eigenvalue weighted by Crippen LogP contribution is -2.31. The molecule has 0 fully saturated rings. The third-order valence-corrected chi connectivity index (χ3v) is 2.64. The van der Waals surface area contributed by atoms with E-state index in [-0.39, 0.29) is 24.4 Å². The van der Waals surface area contributed by atoms with E-state index in [1.165, 1.54) is 7.05 Å². The van der Waals surface area contributed by atoms with Crippen LogP contribution in [-0.4, -0.2) is 43.8 Å². The van der Waals surface area contributed by atoms with Crippen molar-refractivity contribution in [3.63, 3.8) is 0 Å². The van der Waals surface area contributed by atoms with Gasteiger partial charge in [0, 0.05) is 20.0 Å². The van der Waals surface area contributed by atoms with Gasteiger partial charge < -0.3 is 5.32 Å². The van der Waals surface area contributed by atoms with Crippen molar-refractivity contribution in [2.24, 2.45) is 0 Å². The molecule has 6 heteroatoms. The van der Waals surface area contributed by atoms with Gasteiger partial charge >= 0.3 is 0 Å². The topological polar surface area (TPSA) is 49.4 Å². The molecule has 4 nitrogen and oxygen atoms in total. The molecule has 0 radical (unpaired) electrons. The maximum absolute atomic E-state index is 13.4. The number of Topliss-reactive ketones (excluding diaryl/α,β-unsaturated/α-hetero) is 1. The average molecular weight is 270 g/mol. The van der Waals surface area contributed by atoms with Gasteiger partial charge in [0.1, 0.15) is 11.6 Å². The molecule has 0 spiro atoms. The molecule has 104 valence electrons. The quantitative estimate of drug-likeness (QED) is 0.791. The van der Waals surface area contributed by atoms with Crippen molar-refractivity contribution in [1.82, 2.24) is 10.2 Å². The molecule has 0 bridgehead atoms. The highest BCUT2D eigenvalue weighted by molar-refractivity contribution is 5.97. The Hall–Kier alpha value is -1.82. The number of halogens is 2. The Balaban J connectivity index is 2.59. The van der Waals surface area contributed by atoms with Crippen LogP contribution in [0.15, 0.2) is 18.2 Å². The fraction of sp³-hybridized carbons (Fsp3) is 0.385. The highest BCUT2D eigenvalue weighted by Gasteiger charge is 2.15. The van der Waals surface area contributed by atoms with Crippen LogP contribution in [-0.2, 0) is 4.79 Å². The van der Waals surface area contributed by atoms with Gasteiger partial charge in [-0.05, 0) is 25.2 Å². The smallest absolute Gasteiger partial charge is 0.221 e. The summed E-state index contributed by atoms with van der Waals surface area (Å²) in [6.45, 7) is 0.291. The van der Waals surface area contributed by atoms with Gasteiger partial charge in [0.25, 0.3) is 0 Å². The van der Waals surface area contributed by atoms with Gasteiger partial charge in [0.05, 0.1) is 12.1 Å². The maximum atomic E-state index is 13.4. The number of benzene rings is 1. The Morgan fingerprint density at radius 1 is 1.32 bits per heavy atom. The molecule has 1 N–H and O–H groups in total. The minimum absolute atomic E-state index is 0.0721. The number of ketones is 1. The first kappa shape index (κ1) is 15.2. The number of hydrogen-bond acceptors (Lipinski definition) is 3. The van der Waals surface area contributed by atoms with Crippen molar-refractivity contribution in [1.29, 1.82) is 0 Å². The van der Waals surface area contributed by atoms with Crippen LogP contribution in [0.4, 0.5) is 8.78 Å². The molecule has 0 atom stereocenters. The van der Waals surface area contributed by atoms with Gasteiger partial charge in [-0.2, -0.15) is 0 Å². The van der Waals surface area contributed by atoms with Crippen LogP contribution >= 0.6 is 0 Å². The number of rotatable bonds is 6. The number of carbonyl (C=O) groups excluding carboxylic acids is 2. The van der Waals surface area contributed by atoms with Crippen LogP contribution in [0.5, 0.6) is 0 Å². The summed E-state index contributed by atoms with van der Waals surface area (Å²) in [5, 5.41) is 2.46. The molecule has 0 aliphatic carbocycles. The van der Waals surface area contributed by atoms with Crippen LogP contribution in [0.2, 0.25) is 0 Å². The largest absolute Gasteiger partial charge is 0.359 e. The highest BCUT2D eigenvalue weighted by atomic mass is 19.1. The van der Waals surface area contributed by atoms with Crippen LogP contribution in [0, 0.1) is 11.6 Å². The Labute approximate surface area is 110 Å².